The van der Waals surface area contributed by atoms with Gasteiger partial charge in [-0.1, -0.05) is 0 Å². The van der Waals surface area contributed by atoms with E-state index in [2.05, 4.69) is 0 Å². The van der Waals surface area contributed by atoms with Crippen LogP contribution in [0.4, 0.5) is 0 Å². The van der Waals surface area contributed by atoms with Crippen LogP contribution >= 0.6 is 0 Å². The first-order valence-corrected chi connectivity index (χ1v) is 6.15. The zero-order valence-electron chi connectivity index (χ0n) is 10.1. The highest BCUT2D eigenvalue weighted by Gasteiger charge is 2.51. The molecule has 0 bridgehead atoms. The maximum Gasteiger partial charge on any atom is 0.144 e. The van der Waals surface area contributed by atoms with Gasteiger partial charge in [0.15, 0.2) is 0 Å². The monoisotopic (exact) mass is 252 g/mol. The van der Waals surface area contributed by atoms with Crippen LogP contribution in [0, 0.1) is 11.3 Å². The second-order valence-electron chi connectivity index (χ2n) is 5.39. The minimum Gasteiger partial charge on any atom is -0.396 e. The van der Waals surface area contributed by atoms with Gasteiger partial charge < -0.3 is 5.11 Å². The second-order valence-corrected chi connectivity index (χ2v) is 5.39. The Labute approximate surface area is 105 Å². The van der Waals surface area contributed by atoms with Crippen molar-refractivity contribution >= 4 is 23.1 Å². The standard InChI is InChI=1S/C13H16O5/c14-2-1-11-12(18)4-10(17)7-13(11)5-8(15)3-9(16)6-13/h11,14H,1-7H2. The third-order valence-electron chi connectivity index (χ3n) is 3.96. The van der Waals surface area contributed by atoms with E-state index < -0.39 is 11.3 Å². The molecular formula is C13H16O5. The minimum atomic E-state index is -0.846. The Balaban J connectivity index is 2.34. The summed E-state index contributed by atoms with van der Waals surface area (Å²) in [5.74, 6) is -1.36. The Hall–Kier alpha value is -1.36. The Morgan fingerprint density at radius 1 is 0.944 bits per heavy atom. The first-order chi connectivity index (χ1) is 8.47. The first kappa shape index (κ1) is 13.1. The summed E-state index contributed by atoms with van der Waals surface area (Å²) in [6.07, 6.45) is 0.347. The number of rotatable bonds is 2. The van der Waals surface area contributed by atoms with Crippen LogP contribution in [0.3, 0.4) is 0 Å². The molecule has 2 fully saturated rings. The van der Waals surface area contributed by atoms with Crippen LogP contribution in [0.1, 0.15) is 38.5 Å². The summed E-state index contributed by atoms with van der Waals surface area (Å²) in [5.41, 5.74) is -0.846. The summed E-state index contributed by atoms with van der Waals surface area (Å²) < 4.78 is 0. The highest BCUT2D eigenvalue weighted by atomic mass is 16.3. The molecule has 0 aliphatic heterocycles. The van der Waals surface area contributed by atoms with E-state index in [0.29, 0.717) is 0 Å². The lowest BCUT2D eigenvalue weighted by molar-refractivity contribution is -0.147. The van der Waals surface area contributed by atoms with Crippen molar-refractivity contribution in [3.05, 3.63) is 0 Å². The molecule has 2 rings (SSSR count). The summed E-state index contributed by atoms with van der Waals surface area (Å²) in [7, 11) is 0. The Morgan fingerprint density at radius 2 is 1.44 bits per heavy atom. The van der Waals surface area contributed by atoms with Crippen molar-refractivity contribution in [3.8, 4) is 0 Å². The fourth-order valence-electron chi connectivity index (χ4n) is 3.40. The van der Waals surface area contributed by atoms with Crippen molar-refractivity contribution in [2.24, 2.45) is 11.3 Å². The third kappa shape index (κ3) is 2.27. The highest BCUT2D eigenvalue weighted by Crippen LogP contribution is 2.48. The van der Waals surface area contributed by atoms with Gasteiger partial charge in [0.25, 0.3) is 0 Å². The fourth-order valence-corrected chi connectivity index (χ4v) is 3.40. The van der Waals surface area contributed by atoms with Crippen molar-refractivity contribution in [3.63, 3.8) is 0 Å². The SMILES string of the molecule is O=C1CC(=O)CC2(C1)CC(=O)CC(=O)C2CCO. The van der Waals surface area contributed by atoms with Gasteiger partial charge >= 0.3 is 0 Å². The Morgan fingerprint density at radius 3 is 1.94 bits per heavy atom. The Kier molecular flexibility index (Phi) is 3.43. The normalized spacial score (nSPS) is 27.9. The third-order valence-corrected chi connectivity index (χ3v) is 3.96. The lowest BCUT2D eigenvalue weighted by atomic mass is 9.57. The van der Waals surface area contributed by atoms with Crippen LogP contribution in [-0.2, 0) is 19.2 Å². The molecule has 0 saturated heterocycles. The fraction of sp³-hybridized carbons (Fsp3) is 0.692. The van der Waals surface area contributed by atoms with E-state index in [1.54, 1.807) is 0 Å². The van der Waals surface area contributed by atoms with Crippen LogP contribution in [-0.4, -0.2) is 34.8 Å². The summed E-state index contributed by atoms with van der Waals surface area (Å²) in [5, 5.41) is 9.04. The number of Topliss-reactive ketones (excluding diaryl/α,β-unsaturated/α-hetero) is 4. The van der Waals surface area contributed by atoms with E-state index in [-0.39, 0.29) is 68.3 Å². The molecule has 5 nitrogen and oxygen atoms in total. The predicted molar refractivity (Wildman–Crippen MR) is 60.7 cm³/mol. The maximum absolute atomic E-state index is 11.9. The number of aliphatic hydroxyl groups excluding tert-OH is 1. The molecule has 0 radical (unpaired) electrons. The molecule has 2 aliphatic rings. The van der Waals surface area contributed by atoms with Crippen molar-refractivity contribution in [2.45, 2.75) is 38.5 Å². The summed E-state index contributed by atoms with van der Waals surface area (Å²) in [6.45, 7) is -0.172. The number of ketones is 4. The summed E-state index contributed by atoms with van der Waals surface area (Å²) in [6, 6.07) is 0. The molecule has 0 aromatic heterocycles. The van der Waals surface area contributed by atoms with Crippen LogP contribution in [0.15, 0.2) is 0 Å². The molecule has 1 atom stereocenters. The van der Waals surface area contributed by atoms with E-state index >= 15 is 0 Å². The van der Waals surface area contributed by atoms with Gasteiger partial charge in [-0.15, -0.1) is 0 Å². The minimum absolute atomic E-state index is 0.0873. The molecular weight excluding hydrogens is 236 g/mol. The number of carbonyl (C=O) groups is 4. The first-order valence-electron chi connectivity index (χ1n) is 6.15. The van der Waals surface area contributed by atoms with Gasteiger partial charge in [-0.25, -0.2) is 0 Å². The van der Waals surface area contributed by atoms with Gasteiger partial charge in [0, 0.05) is 37.2 Å². The molecule has 98 valence electrons. The molecule has 0 aromatic carbocycles. The zero-order chi connectivity index (χ0) is 13.3. The van der Waals surface area contributed by atoms with E-state index in [1.807, 2.05) is 0 Å². The molecule has 0 amide bonds. The highest BCUT2D eigenvalue weighted by molar-refractivity contribution is 6.08. The van der Waals surface area contributed by atoms with Gasteiger partial charge in [0.1, 0.15) is 23.1 Å². The molecule has 0 aromatic rings. The van der Waals surface area contributed by atoms with E-state index in [4.69, 9.17) is 5.11 Å². The molecule has 0 heterocycles. The molecule has 2 saturated carbocycles. The molecule has 1 spiro atoms. The van der Waals surface area contributed by atoms with Gasteiger partial charge in [-0.3, -0.25) is 19.2 Å². The number of hydrogen-bond acceptors (Lipinski definition) is 5. The van der Waals surface area contributed by atoms with E-state index in [0.717, 1.165) is 0 Å². The lowest BCUT2D eigenvalue weighted by Crippen LogP contribution is -2.48. The van der Waals surface area contributed by atoms with Crippen LogP contribution in [0.2, 0.25) is 0 Å². The van der Waals surface area contributed by atoms with Crippen LogP contribution in [0.25, 0.3) is 0 Å². The second kappa shape index (κ2) is 4.72. The summed E-state index contributed by atoms with van der Waals surface area (Å²) >= 11 is 0. The van der Waals surface area contributed by atoms with E-state index in [1.165, 1.54) is 0 Å². The van der Waals surface area contributed by atoms with Crippen molar-refractivity contribution in [1.82, 2.24) is 0 Å². The largest absolute Gasteiger partial charge is 0.396 e. The number of hydrogen-bond donors (Lipinski definition) is 1. The predicted octanol–water partition coefficient (Wildman–Crippen LogP) is 0.226. The molecule has 18 heavy (non-hydrogen) atoms. The molecule has 1 unspecified atom stereocenters. The lowest BCUT2D eigenvalue weighted by Gasteiger charge is -2.43. The van der Waals surface area contributed by atoms with Crippen molar-refractivity contribution in [2.75, 3.05) is 6.61 Å². The van der Waals surface area contributed by atoms with Crippen molar-refractivity contribution in [1.29, 1.82) is 0 Å². The topological polar surface area (TPSA) is 88.5 Å². The van der Waals surface area contributed by atoms with Gasteiger partial charge in [-0.2, -0.15) is 0 Å². The van der Waals surface area contributed by atoms with Crippen LogP contribution in [0.5, 0.6) is 0 Å². The van der Waals surface area contributed by atoms with Gasteiger partial charge in [0.05, 0.1) is 12.8 Å². The molecule has 5 heteroatoms. The average molecular weight is 252 g/mol. The van der Waals surface area contributed by atoms with Gasteiger partial charge in [0.2, 0.25) is 0 Å². The molecule has 1 N–H and O–H groups in total. The summed E-state index contributed by atoms with van der Waals surface area (Å²) in [4.78, 5) is 46.7. The quantitative estimate of drug-likeness (QED) is 0.710. The van der Waals surface area contributed by atoms with Crippen LogP contribution < -0.4 is 0 Å². The van der Waals surface area contributed by atoms with Gasteiger partial charge in [-0.05, 0) is 6.42 Å². The number of carbonyl (C=O) groups excluding carboxylic acids is 4. The Bertz CT molecular complexity index is 391. The maximum atomic E-state index is 11.9. The molecule has 2 aliphatic carbocycles. The average Bonchev–Trinajstić information content (AvgIpc) is 2.21. The number of aliphatic hydroxyl groups is 1. The smallest absolute Gasteiger partial charge is 0.144 e. The zero-order valence-corrected chi connectivity index (χ0v) is 10.1. The van der Waals surface area contributed by atoms with Crippen molar-refractivity contribution < 1.29 is 24.3 Å². The van der Waals surface area contributed by atoms with E-state index in [9.17, 15) is 19.2 Å².